The molecule has 5 nitrogen and oxygen atoms in total. The lowest BCUT2D eigenvalue weighted by atomic mass is 9.92. The number of carbonyl (C=O) groups excluding carboxylic acids is 1. The van der Waals surface area contributed by atoms with Crippen molar-refractivity contribution in [3.8, 4) is 0 Å². The van der Waals surface area contributed by atoms with E-state index >= 15 is 0 Å². The van der Waals surface area contributed by atoms with E-state index in [1.807, 2.05) is 0 Å². The van der Waals surface area contributed by atoms with Crippen molar-refractivity contribution in [2.75, 3.05) is 24.5 Å². The molecule has 30 heavy (non-hydrogen) atoms. The number of carbonyl (C=O) groups is 1. The van der Waals surface area contributed by atoms with Gasteiger partial charge in [0.05, 0.1) is 17.5 Å². The van der Waals surface area contributed by atoms with Gasteiger partial charge in [-0.3, -0.25) is 9.78 Å². The summed E-state index contributed by atoms with van der Waals surface area (Å²) < 4.78 is 55.5. The Kier molecular flexibility index (Phi) is 5.57. The number of amides is 1. The number of nitrogens with zero attached hydrogens (tertiary/aromatic N) is 2. The van der Waals surface area contributed by atoms with Gasteiger partial charge in [0.2, 0.25) is 5.91 Å². The Hall–Kier alpha value is -2.42. The van der Waals surface area contributed by atoms with Crippen molar-refractivity contribution in [2.24, 2.45) is 5.92 Å². The van der Waals surface area contributed by atoms with Crippen molar-refractivity contribution in [2.45, 2.75) is 44.4 Å². The van der Waals surface area contributed by atoms with Crippen LogP contribution in [-0.4, -0.2) is 48.8 Å². The number of piperidine rings is 1. The normalized spacial score (nSPS) is 25.0. The average Bonchev–Trinajstić information content (AvgIpc) is 3.25. The van der Waals surface area contributed by atoms with E-state index in [9.17, 15) is 22.4 Å². The van der Waals surface area contributed by atoms with Crippen LogP contribution in [0.25, 0.3) is 10.9 Å². The molecule has 0 bridgehead atoms. The Morgan fingerprint density at radius 1 is 1.33 bits per heavy atom. The van der Waals surface area contributed by atoms with Crippen LogP contribution in [0, 0.1) is 18.7 Å². The second-order valence-corrected chi connectivity index (χ2v) is 8.14. The van der Waals surface area contributed by atoms with E-state index < -0.39 is 24.0 Å². The topological polar surface area (TPSA) is 57.3 Å². The Balaban J connectivity index is 1.66. The number of anilines is 1. The number of aromatic nitrogens is 1. The van der Waals surface area contributed by atoms with Gasteiger partial charge in [0.1, 0.15) is 5.82 Å². The molecule has 2 saturated heterocycles. The number of alkyl halides is 3. The number of aryl methyl sites for hydroxylation is 1. The second kappa shape index (κ2) is 8.02. The molecule has 0 saturated carbocycles. The summed E-state index contributed by atoms with van der Waals surface area (Å²) in [5.74, 6) is -2.41. The monoisotopic (exact) mass is 424 g/mol. The Morgan fingerprint density at radius 2 is 2.13 bits per heavy atom. The molecule has 2 aliphatic heterocycles. The van der Waals surface area contributed by atoms with E-state index in [1.165, 1.54) is 17.2 Å². The van der Waals surface area contributed by atoms with Gasteiger partial charge < -0.3 is 15.5 Å². The molecule has 0 aliphatic carbocycles. The fourth-order valence-corrected chi connectivity index (χ4v) is 4.44. The third-order valence-electron chi connectivity index (χ3n) is 6.04. The third kappa shape index (κ3) is 4.08. The number of hydrogen-bond donors (Lipinski definition) is 2. The van der Waals surface area contributed by atoms with Gasteiger partial charge in [-0.15, -0.1) is 0 Å². The minimum Gasteiger partial charge on any atom is -0.368 e. The van der Waals surface area contributed by atoms with Crippen LogP contribution in [0.3, 0.4) is 0 Å². The summed E-state index contributed by atoms with van der Waals surface area (Å²) in [5, 5.41) is 6.45. The van der Waals surface area contributed by atoms with Crippen LogP contribution in [0.2, 0.25) is 0 Å². The SMILES string of the molecule is Cc1c(F)cc(N2C[C@H](NC(=O)[C@@H]3CCCN3)C[C@H](C(F)(F)F)C2)c2cccnc12. The molecule has 2 N–H and O–H groups in total. The maximum absolute atomic E-state index is 14.5. The lowest BCUT2D eigenvalue weighted by Gasteiger charge is -2.40. The summed E-state index contributed by atoms with van der Waals surface area (Å²) in [6, 6.07) is 3.63. The van der Waals surface area contributed by atoms with Crippen LogP contribution in [0.1, 0.15) is 24.8 Å². The first kappa shape index (κ1) is 20.8. The van der Waals surface area contributed by atoms with Gasteiger partial charge in [0.15, 0.2) is 0 Å². The van der Waals surface area contributed by atoms with E-state index in [1.54, 1.807) is 19.1 Å². The quantitative estimate of drug-likeness (QED) is 0.743. The van der Waals surface area contributed by atoms with Crippen LogP contribution in [0.15, 0.2) is 24.4 Å². The molecule has 162 valence electrons. The number of benzene rings is 1. The van der Waals surface area contributed by atoms with E-state index in [0.717, 1.165) is 13.0 Å². The van der Waals surface area contributed by atoms with Crippen LogP contribution in [0.4, 0.5) is 23.2 Å². The Labute approximate surface area is 171 Å². The Bertz CT molecular complexity index is 942. The van der Waals surface area contributed by atoms with E-state index in [2.05, 4.69) is 15.6 Å². The average molecular weight is 424 g/mol. The van der Waals surface area contributed by atoms with Gasteiger partial charge in [-0.1, -0.05) is 0 Å². The zero-order valence-corrected chi connectivity index (χ0v) is 16.6. The van der Waals surface area contributed by atoms with Crippen molar-refractivity contribution < 1.29 is 22.4 Å². The van der Waals surface area contributed by atoms with Crippen LogP contribution < -0.4 is 15.5 Å². The molecule has 3 atom stereocenters. The minimum atomic E-state index is -4.41. The van der Waals surface area contributed by atoms with Gasteiger partial charge in [-0.25, -0.2) is 4.39 Å². The molecule has 0 spiro atoms. The minimum absolute atomic E-state index is 0.178. The van der Waals surface area contributed by atoms with E-state index in [-0.39, 0.29) is 31.5 Å². The molecular formula is C21H24F4N4O. The van der Waals surface area contributed by atoms with Gasteiger partial charge >= 0.3 is 6.18 Å². The highest BCUT2D eigenvalue weighted by atomic mass is 19.4. The van der Waals surface area contributed by atoms with Crippen LogP contribution >= 0.6 is 0 Å². The molecule has 1 amide bonds. The molecule has 0 unspecified atom stereocenters. The molecule has 0 radical (unpaired) electrons. The molecule has 1 aromatic carbocycles. The fraction of sp³-hybridized carbons (Fsp3) is 0.524. The highest BCUT2D eigenvalue weighted by Crippen LogP contribution is 2.38. The largest absolute Gasteiger partial charge is 0.393 e. The standard InChI is InChI=1S/C21H24F4N4O/c1-12-16(22)9-18(15-4-2-7-27-19(12)15)29-10-13(21(23,24)25)8-14(11-29)28-20(30)17-5-3-6-26-17/h2,4,7,9,13-14,17,26H,3,5-6,8,10-11H2,1H3,(H,28,30)/t13-,14+,17-/m0/s1. The van der Waals surface area contributed by atoms with E-state index in [0.29, 0.717) is 28.6 Å². The van der Waals surface area contributed by atoms with Gasteiger partial charge in [0.25, 0.3) is 0 Å². The zero-order valence-electron chi connectivity index (χ0n) is 16.6. The van der Waals surface area contributed by atoms with Crippen LogP contribution in [-0.2, 0) is 4.79 Å². The van der Waals surface area contributed by atoms with Crippen molar-refractivity contribution in [1.29, 1.82) is 0 Å². The third-order valence-corrected chi connectivity index (χ3v) is 6.04. The lowest BCUT2D eigenvalue weighted by molar-refractivity contribution is -0.178. The summed E-state index contributed by atoms with van der Waals surface area (Å²) in [7, 11) is 0. The Morgan fingerprint density at radius 3 is 2.83 bits per heavy atom. The van der Waals surface area contributed by atoms with Crippen molar-refractivity contribution >= 4 is 22.5 Å². The maximum atomic E-state index is 14.5. The van der Waals surface area contributed by atoms with Crippen molar-refractivity contribution in [3.05, 3.63) is 35.8 Å². The molecule has 2 aromatic rings. The molecule has 4 rings (SSSR count). The summed E-state index contributed by atoms with van der Waals surface area (Å²) in [5.41, 5.74) is 1.15. The van der Waals surface area contributed by atoms with Gasteiger partial charge in [-0.05, 0) is 50.9 Å². The number of hydrogen-bond acceptors (Lipinski definition) is 4. The molecule has 2 fully saturated rings. The van der Waals surface area contributed by atoms with Crippen molar-refractivity contribution in [1.82, 2.24) is 15.6 Å². The number of fused-ring (bicyclic) bond motifs is 1. The molecule has 1 aromatic heterocycles. The second-order valence-electron chi connectivity index (χ2n) is 8.14. The predicted molar refractivity (Wildman–Crippen MR) is 106 cm³/mol. The molecule has 9 heteroatoms. The van der Waals surface area contributed by atoms with Gasteiger partial charge in [-0.2, -0.15) is 13.2 Å². The number of rotatable bonds is 3. The molecular weight excluding hydrogens is 400 g/mol. The van der Waals surface area contributed by atoms with Gasteiger partial charge in [0, 0.05) is 42.0 Å². The highest BCUT2D eigenvalue weighted by Gasteiger charge is 2.45. The summed E-state index contributed by atoms with van der Waals surface area (Å²) in [6.45, 7) is 2.21. The smallest absolute Gasteiger partial charge is 0.368 e. The predicted octanol–water partition coefficient (Wildman–Crippen LogP) is 3.31. The summed E-state index contributed by atoms with van der Waals surface area (Å²) in [6.07, 6.45) is -1.54. The summed E-state index contributed by atoms with van der Waals surface area (Å²) >= 11 is 0. The number of pyridine rings is 1. The first-order valence-corrected chi connectivity index (χ1v) is 10.1. The van der Waals surface area contributed by atoms with E-state index in [4.69, 9.17) is 0 Å². The first-order chi connectivity index (χ1) is 14.2. The first-order valence-electron chi connectivity index (χ1n) is 10.1. The van der Waals surface area contributed by atoms with Crippen molar-refractivity contribution in [3.63, 3.8) is 0 Å². The summed E-state index contributed by atoms with van der Waals surface area (Å²) in [4.78, 5) is 18.2. The van der Waals surface area contributed by atoms with Crippen LogP contribution in [0.5, 0.6) is 0 Å². The lowest BCUT2D eigenvalue weighted by Crippen LogP contribution is -2.56. The zero-order chi connectivity index (χ0) is 21.5. The highest BCUT2D eigenvalue weighted by molar-refractivity contribution is 5.94. The molecule has 3 heterocycles. The fourth-order valence-electron chi connectivity index (χ4n) is 4.44. The maximum Gasteiger partial charge on any atom is 0.393 e. The number of halogens is 4. The number of nitrogens with one attached hydrogen (secondary N) is 2. The molecule has 2 aliphatic rings.